The molecule has 1 saturated heterocycles. The van der Waals surface area contributed by atoms with Gasteiger partial charge in [-0.15, -0.1) is 0 Å². The first-order valence-electron chi connectivity index (χ1n) is 4.44. The van der Waals surface area contributed by atoms with Gasteiger partial charge in [-0.1, -0.05) is 0 Å². The van der Waals surface area contributed by atoms with Crippen LogP contribution in [0.3, 0.4) is 0 Å². The number of ether oxygens (including phenoxy) is 2. The van der Waals surface area contributed by atoms with Gasteiger partial charge in [0.2, 0.25) is 0 Å². The second-order valence-corrected chi connectivity index (χ2v) is 2.92. The molecule has 0 spiro atoms. The summed E-state index contributed by atoms with van der Waals surface area (Å²) in [5.74, 6) is 0. The highest BCUT2D eigenvalue weighted by molar-refractivity contribution is 5.64. The molecule has 0 aromatic carbocycles. The SMILES string of the molecule is CO.NC(=O)OC1CC(CO)OCC1O. The predicted octanol–water partition coefficient (Wildman–Crippen LogP) is -1.80. The van der Waals surface area contributed by atoms with Crippen molar-refractivity contribution in [1.82, 2.24) is 0 Å². The average Bonchev–Trinajstić information content (AvgIpc) is 2.23. The van der Waals surface area contributed by atoms with Crippen molar-refractivity contribution < 1.29 is 29.6 Å². The average molecular weight is 223 g/mol. The Bertz CT molecular complexity index is 188. The van der Waals surface area contributed by atoms with Gasteiger partial charge in [0, 0.05) is 13.5 Å². The van der Waals surface area contributed by atoms with E-state index >= 15 is 0 Å². The van der Waals surface area contributed by atoms with Crippen molar-refractivity contribution in [2.45, 2.75) is 24.7 Å². The van der Waals surface area contributed by atoms with Crippen LogP contribution in [0.4, 0.5) is 4.79 Å². The van der Waals surface area contributed by atoms with Crippen molar-refractivity contribution >= 4 is 6.09 Å². The molecule has 7 heteroatoms. The predicted molar refractivity (Wildman–Crippen MR) is 50.0 cm³/mol. The van der Waals surface area contributed by atoms with E-state index < -0.39 is 24.4 Å². The van der Waals surface area contributed by atoms with Gasteiger partial charge in [0.1, 0.15) is 12.2 Å². The van der Waals surface area contributed by atoms with Gasteiger partial charge in [0.25, 0.3) is 0 Å². The summed E-state index contributed by atoms with van der Waals surface area (Å²) in [5.41, 5.74) is 4.80. The Morgan fingerprint density at radius 1 is 1.60 bits per heavy atom. The van der Waals surface area contributed by atoms with Crippen molar-refractivity contribution in [3.05, 3.63) is 0 Å². The van der Waals surface area contributed by atoms with Crippen LogP contribution in [0.25, 0.3) is 0 Å². The quantitative estimate of drug-likeness (QED) is 0.438. The van der Waals surface area contributed by atoms with E-state index in [4.69, 9.17) is 20.7 Å². The highest BCUT2D eigenvalue weighted by Gasteiger charge is 2.31. The van der Waals surface area contributed by atoms with Crippen LogP contribution >= 0.6 is 0 Å². The van der Waals surface area contributed by atoms with E-state index in [1.807, 2.05) is 0 Å². The molecule has 1 heterocycles. The normalized spacial score (nSPS) is 30.0. The highest BCUT2D eigenvalue weighted by atomic mass is 16.6. The lowest BCUT2D eigenvalue weighted by atomic mass is 10.0. The lowest BCUT2D eigenvalue weighted by Crippen LogP contribution is -2.45. The molecule has 7 nitrogen and oxygen atoms in total. The van der Waals surface area contributed by atoms with E-state index in [0.717, 1.165) is 7.11 Å². The summed E-state index contributed by atoms with van der Waals surface area (Å²) in [6.45, 7) is -0.117. The summed E-state index contributed by atoms with van der Waals surface area (Å²) >= 11 is 0. The Labute approximate surface area is 87.4 Å². The Morgan fingerprint density at radius 3 is 2.67 bits per heavy atom. The Balaban J connectivity index is 0.000000921. The van der Waals surface area contributed by atoms with Gasteiger partial charge in [0.05, 0.1) is 19.3 Å². The fraction of sp³-hybridized carbons (Fsp3) is 0.875. The van der Waals surface area contributed by atoms with Crippen LogP contribution in [0, 0.1) is 0 Å². The van der Waals surface area contributed by atoms with Gasteiger partial charge < -0.3 is 30.5 Å². The number of carbonyl (C=O) groups is 1. The summed E-state index contributed by atoms with van der Waals surface area (Å²) in [6, 6.07) is 0. The molecule has 15 heavy (non-hydrogen) atoms. The minimum atomic E-state index is -0.928. The summed E-state index contributed by atoms with van der Waals surface area (Å²) in [6.07, 6.45) is -2.60. The first-order valence-corrected chi connectivity index (χ1v) is 4.44. The maximum absolute atomic E-state index is 10.4. The third-order valence-corrected chi connectivity index (χ3v) is 1.90. The largest absolute Gasteiger partial charge is 0.443 e. The minimum absolute atomic E-state index is 0.0448. The number of rotatable bonds is 2. The second kappa shape index (κ2) is 7.41. The summed E-state index contributed by atoms with van der Waals surface area (Å²) in [4.78, 5) is 10.4. The third-order valence-electron chi connectivity index (χ3n) is 1.90. The molecule has 3 unspecified atom stereocenters. The molecule has 1 rings (SSSR count). The third kappa shape index (κ3) is 4.93. The molecule has 5 N–H and O–H groups in total. The van der Waals surface area contributed by atoms with Gasteiger partial charge in [0.15, 0.2) is 0 Å². The van der Waals surface area contributed by atoms with Crippen molar-refractivity contribution in [2.75, 3.05) is 20.3 Å². The lowest BCUT2D eigenvalue weighted by Gasteiger charge is -2.31. The van der Waals surface area contributed by atoms with E-state index in [2.05, 4.69) is 4.74 Å². The number of carbonyl (C=O) groups excluding carboxylic acids is 1. The fourth-order valence-electron chi connectivity index (χ4n) is 1.23. The molecule has 90 valence electrons. The van der Waals surface area contributed by atoms with E-state index in [1.54, 1.807) is 0 Å². The number of aliphatic hydroxyl groups excluding tert-OH is 3. The summed E-state index contributed by atoms with van der Waals surface area (Å²) < 4.78 is 9.65. The van der Waals surface area contributed by atoms with Gasteiger partial charge in [-0.25, -0.2) is 4.79 Å². The van der Waals surface area contributed by atoms with Crippen molar-refractivity contribution in [3.63, 3.8) is 0 Å². The van der Waals surface area contributed by atoms with Crippen LogP contribution in [0.1, 0.15) is 6.42 Å². The number of aliphatic hydroxyl groups is 3. The monoisotopic (exact) mass is 223 g/mol. The van der Waals surface area contributed by atoms with Crippen LogP contribution in [0.5, 0.6) is 0 Å². The second-order valence-electron chi connectivity index (χ2n) is 2.92. The summed E-state index contributed by atoms with van der Waals surface area (Å²) in [7, 11) is 1.00. The van der Waals surface area contributed by atoms with Crippen molar-refractivity contribution in [1.29, 1.82) is 0 Å². The van der Waals surface area contributed by atoms with E-state index in [9.17, 15) is 9.90 Å². The molecule has 1 amide bonds. The molecule has 0 aromatic heterocycles. The zero-order chi connectivity index (χ0) is 11.8. The van der Waals surface area contributed by atoms with Crippen LogP contribution in [0.15, 0.2) is 0 Å². The van der Waals surface area contributed by atoms with Gasteiger partial charge >= 0.3 is 6.09 Å². The van der Waals surface area contributed by atoms with E-state index in [1.165, 1.54) is 0 Å². The smallest absolute Gasteiger partial charge is 0.404 e. The molecule has 0 bridgehead atoms. The molecule has 0 aromatic rings. The van der Waals surface area contributed by atoms with Crippen LogP contribution in [-0.2, 0) is 9.47 Å². The number of nitrogens with two attached hydrogens (primary N) is 1. The minimum Gasteiger partial charge on any atom is -0.443 e. The maximum atomic E-state index is 10.4. The molecular weight excluding hydrogens is 206 g/mol. The number of hydrogen-bond acceptors (Lipinski definition) is 6. The van der Waals surface area contributed by atoms with E-state index in [-0.39, 0.29) is 19.6 Å². The molecule has 0 aliphatic carbocycles. The van der Waals surface area contributed by atoms with Crippen molar-refractivity contribution in [3.8, 4) is 0 Å². The zero-order valence-electron chi connectivity index (χ0n) is 8.50. The van der Waals surface area contributed by atoms with Crippen LogP contribution in [0.2, 0.25) is 0 Å². The first kappa shape index (κ1) is 14.1. The molecular formula is C8H17NO6. The van der Waals surface area contributed by atoms with Crippen LogP contribution in [-0.4, -0.2) is 60.0 Å². The zero-order valence-corrected chi connectivity index (χ0v) is 8.50. The molecule has 0 radical (unpaired) electrons. The molecule has 1 fully saturated rings. The van der Waals surface area contributed by atoms with Gasteiger partial charge in [-0.05, 0) is 0 Å². The molecule has 0 saturated carbocycles. The lowest BCUT2D eigenvalue weighted by molar-refractivity contribution is -0.131. The van der Waals surface area contributed by atoms with Crippen LogP contribution < -0.4 is 5.73 Å². The number of amides is 1. The number of primary amides is 1. The first-order chi connectivity index (χ1) is 7.13. The van der Waals surface area contributed by atoms with Gasteiger partial charge in [-0.3, -0.25) is 0 Å². The summed E-state index contributed by atoms with van der Waals surface area (Å²) in [5, 5.41) is 25.0. The molecule has 1 aliphatic rings. The number of hydrogen-bond donors (Lipinski definition) is 4. The van der Waals surface area contributed by atoms with E-state index in [0.29, 0.717) is 0 Å². The highest BCUT2D eigenvalue weighted by Crippen LogP contribution is 2.16. The van der Waals surface area contributed by atoms with Crippen molar-refractivity contribution in [2.24, 2.45) is 5.73 Å². The molecule has 1 aliphatic heterocycles. The Kier molecular flexibility index (Phi) is 6.97. The van der Waals surface area contributed by atoms with Gasteiger partial charge in [-0.2, -0.15) is 0 Å². The Morgan fingerprint density at radius 2 is 2.20 bits per heavy atom. The fourth-order valence-corrected chi connectivity index (χ4v) is 1.23. The molecule has 3 atom stereocenters. The standard InChI is InChI=1S/C7H13NO5.CH4O/c8-7(11)13-6-1-4(2-9)12-3-5(6)10;1-2/h4-6,9-10H,1-3H2,(H2,8,11);2H,1H3. The maximum Gasteiger partial charge on any atom is 0.404 e. The Hall–Kier alpha value is -0.890. The topological polar surface area (TPSA) is 122 Å².